The topological polar surface area (TPSA) is 0 Å². The van der Waals surface area contributed by atoms with Crippen LogP contribution in [0.25, 0.3) is 16.8 Å². The molecular weight excluding hydrogens is 228 g/mol. The molecule has 2 aromatic rings. The molecule has 0 bridgehead atoms. The van der Waals surface area contributed by atoms with Crippen molar-refractivity contribution in [3.8, 4) is 0 Å². The lowest BCUT2D eigenvalue weighted by atomic mass is 10.0. The lowest BCUT2D eigenvalue weighted by Gasteiger charge is -2.00. The Hall–Kier alpha value is -1.78. The molecule has 0 radical (unpaired) electrons. The van der Waals surface area contributed by atoms with Crippen molar-refractivity contribution in [2.75, 3.05) is 0 Å². The zero-order valence-electron chi connectivity index (χ0n) is 11.7. The molecule has 98 valence electrons. The maximum atomic E-state index is 3.32. The number of fused-ring (bicyclic) bond motifs is 1. The summed E-state index contributed by atoms with van der Waals surface area (Å²) in [6.45, 7) is 2.25. The van der Waals surface area contributed by atoms with Crippen molar-refractivity contribution in [1.82, 2.24) is 0 Å². The normalized spacial score (nSPS) is 10.2. The fraction of sp³-hybridized carbons (Fsp3) is 0.316. The van der Waals surface area contributed by atoms with E-state index in [2.05, 4.69) is 67.3 Å². The third kappa shape index (κ3) is 4.12. The summed E-state index contributed by atoms with van der Waals surface area (Å²) < 4.78 is 0. The standard InChI is InChI=1S/C19H22/c1-2-3-4-5-6-7-8-12-17-14-11-15-18-13-9-10-16-19(17)18/h7,9-16H,2-6H2,1H3. The Morgan fingerprint density at radius 1 is 0.947 bits per heavy atom. The van der Waals surface area contributed by atoms with E-state index >= 15 is 0 Å². The Labute approximate surface area is 116 Å². The smallest absolute Gasteiger partial charge is 0.0101 e. The molecule has 0 atom stereocenters. The first-order valence-corrected chi connectivity index (χ1v) is 7.30. The van der Waals surface area contributed by atoms with E-state index in [-0.39, 0.29) is 0 Å². The molecule has 2 rings (SSSR count). The van der Waals surface area contributed by atoms with Crippen LogP contribution < -0.4 is 0 Å². The zero-order valence-corrected chi connectivity index (χ0v) is 11.7. The maximum absolute atomic E-state index is 3.32. The van der Waals surface area contributed by atoms with Gasteiger partial charge in [0.25, 0.3) is 0 Å². The largest absolute Gasteiger partial charge is 0.125 e. The molecule has 0 nitrogen and oxygen atoms in total. The summed E-state index contributed by atoms with van der Waals surface area (Å²) in [6, 6.07) is 14.9. The summed E-state index contributed by atoms with van der Waals surface area (Å²) in [7, 11) is 0. The van der Waals surface area contributed by atoms with Gasteiger partial charge in [-0.1, -0.05) is 68.7 Å². The third-order valence-electron chi connectivity index (χ3n) is 3.38. The summed E-state index contributed by atoms with van der Waals surface area (Å²) in [6.07, 6.45) is 10.7. The zero-order chi connectivity index (χ0) is 13.3. The predicted molar refractivity (Wildman–Crippen MR) is 85.3 cm³/mol. The van der Waals surface area contributed by atoms with Gasteiger partial charge in [0.05, 0.1) is 0 Å². The van der Waals surface area contributed by atoms with Crippen LogP contribution in [-0.2, 0) is 0 Å². The molecule has 0 heterocycles. The molecule has 0 N–H and O–H groups in total. The van der Waals surface area contributed by atoms with Crippen LogP contribution >= 0.6 is 0 Å². The minimum Gasteiger partial charge on any atom is -0.125 e. The van der Waals surface area contributed by atoms with Gasteiger partial charge in [0.15, 0.2) is 0 Å². The quantitative estimate of drug-likeness (QED) is 0.437. The highest BCUT2D eigenvalue weighted by atomic mass is 14.0. The van der Waals surface area contributed by atoms with Gasteiger partial charge in [-0.05, 0) is 41.3 Å². The lowest BCUT2D eigenvalue weighted by Crippen LogP contribution is -1.76. The lowest BCUT2D eigenvalue weighted by molar-refractivity contribution is 0.675. The number of hydrogen-bond donors (Lipinski definition) is 0. The van der Waals surface area contributed by atoms with Crippen LogP contribution in [-0.4, -0.2) is 0 Å². The Morgan fingerprint density at radius 3 is 2.68 bits per heavy atom. The Bertz CT molecular complexity index is 566. The fourth-order valence-corrected chi connectivity index (χ4v) is 2.28. The monoisotopic (exact) mass is 250 g/mol. The second kappa shape index (κ2) is 7.61. The number of unbranched alkanes of at least 4 members (excludes halogenated alkanes) is 4. The van der Waals surface area contributed by atoms with Crippen molar-refractivity contribution in [2.45, 2.75) is 39.0 Å². The minimum atomic E-state index is 1.14. The van der Waals surface area contributed by atoms with Crippen LogP contribution in [0.1, 0.15) is 44.6 Å². The molecule has 0 spiro atoms. The van der Waals surface area contributed by atoms with E-state index in [0.29, 0.717) is 0 Å². The molecule has 0 aliphatic heterocycles. The second-order valence-corrected chi connectivity index (χ2v) is 4.93. The van der Waals surface area contributed by atoms with Gasteiger partial charge in [-0.25, -0.2) is 0 Å². The molecule has 0 amide bonds. The number of allylic oxidation sites excluding steroid dienone is 1. The van der Waals surface area contributed by atoms with E-state index in [9.17, 15) is 0 Å². The summed E-state index contributed by atoms with van der Waals surface area (Å²) in [5.74, 6) is 0. The van der Waals surface area contributed by atoms with Gasteiger partial charge < -0.3 is 0 Å². The van der Waals surface area contributed by atoms with Crippen molar-refractivity contribution in [3.05, 3.63) is 59.8 Å². The SMILES string of the molecule is CCCCCCC=C=Cc1cccc2ccccc12. The number of rotatable bonds is 6. The van der Waals surface area contributed by atoms with E-state index in [1.165, 1.54) is 42.0 Å². The van der Waals surface area contributed by atoms with Crippen molar-refractivity contribution < 1.29 is 0 Å². The van der Waals surface area contributed by atoms with Crippen LogP contribution in [0.2, 0.25) is 0 Å². The fourth-order valence-electron chi connectivity index (χ4n) is 2.28. The maximum Gasteiger partial charge on any atom is -0.0101 e. The van der Waals surface area contributed by atoms with Crippen molar-refractivity contribution >= 4 is 16.8 Å². The molecule has 0 unspecified atom stereocenters. The van der Waals surface area contributed by atoms with E-state index < -0.39 is 0 Å². The molecule has 0 saturated carbocycles. The molecule has 0 saturated heterocycles. The molecule has 0 aliphatic rings. The van der Waals surface area contributed by atoms with Crippen LogP contribution in [0.3, 0.4) is 0 Å². The van der Waals surface area contributed by atoms with Gasteiger partial charge in [0.2, 0.25) is 0 Å². The summed E-state index contributed by atoms with van der Waals surface area (Å²) in [5.41, 5.74) is 4.57. The Morgan fingerprint density at radius 2 is 1.79 bits per heavy atom. The Balaban J connectivity index is 2.02. The molecule has 19 heavy (non-hydrogen) atoms. The Kier molecular flexibility index (Phi) is 5.47. The highest BCUT2D eigenvalue weighted by Gasteiger charge is 1.95. The van der Waals surface area contributed by atoms with E-state index in [4.69, 9.17) is 0 Å². The average molecular weight is 250 g/mol. The van der Waals surface area contributed by atoms with Gasteiger partial charge in [-0.3, -0.25) is 0 Å². The van der Waals surface area contributed by atoms with Crippen molar-refractivity contribution in [1.29, 1.82) is 0 Å². The molecule has 2 aromatic carbocycles. The summed E-state index contributed by atoms with van der Waals surface area (Å²) in [4.78, 5) is 0. The number of hydrogen-bond acceptors (Lipinski definition) is 0. The minimum absolute atomic E-state index is 1.14. The predicted octanol–water partition coefficient (Wildman–Crippen LogP) is 5.98. The van der Waals surface area contributed by atoms with E-state index in [1.807, 2.05) is 0 Å². The van der Waals surface area contributed by atoms with Gasteiger partial charge in [0, 0.05) is 0 Å². The average Bonchev–Trinajstić information content (AvgIpc) is 2.46. The first-order valence-electron chi connectivity index (χ1n) is 7.30. The van der Waals surface area contributed by atoms with E-state index in [0.717, 1.165) is 6.42 Å². The van der Waals surface area contributed by atoms with Crippen LogP contribution in [0.4, 0.5) is 0 Å². The summed E-state index contributed by atoms with van der Waals surface area (Å²) >= 11 is 0. The van der Waals surface area contributed by atoms with Gasteiger partial charge >= 0.3 is 0 Å². The van der Waals surface area contributed by atoms with Crippen molar-refractivity contribution in [3.63, 3.8) is 0 Å². The van der Waals surface area contributed by atoms with E-state index in [1.54, 1.807) is 0 Å². The highest BCUT2D eigenvalue weighted by Crippen LogP contribution is 2.19. The van der Waals surface area contributed by atoms with Gasteiger partial charge in [-0.15, -0.1) is 5.73 Å². The van der Waals surface area contributed by atoms with Gasteiger partial charge in [-0.2, -0.15) is 0 Å². The molecule has 0 aromatic heterocycles. The van der Waals surface area contributed by atoms with Gasteiger partial charge in [0.1, 0.15) is 0 Å². The van der Waals surface area contributed by atoms with Crippen molar-refractivity contribution in [2.24, 2.45) is 0 Å². The van der Waals surface area contributed by atoms with Crippen LogP contribution in [0.5, 0.6) is 0 Å². The first-order chi connectivity index (χ1) is 9.42. The van der Waals surface area contributed by atoms with Crippen LogP contribution in [0.15, 0.2) is 54.3 Å². The number of benzene rings is 2. The second-order valence-electron chi connectivity index (χ2n) is 4.93. The molecule has 0 heteroatoms. The molecule has 0 fully saturated rings. The molecule has 0 aliphatic carbocycles. The summed E-state index contributed by atoms with van der Waals surface area (Å²) in [5, 5.41) is 2.60. The van der Waals surface area contributed by atoms with Crippen LogP contribution in [0, 0.1) is 0 Å². The highest BCUT2D eigenvalue weighted by molar-refractivity contribution is 5.90. The first kappa shape index (κ1) is 13.6. The third-order valence-corrected chi connectivity index (χ3v) is 3.38. The molecular formula is C19H22.